The van der Waals surface area contributed by atoms with E-state index >= 15 is 0 Å². The lowest BCUT2D eigenvalue weighted by Gasteiger charge is -2.20. The van der Waals surface area contributed by atoms with Crippen molar-refractivity contribution in [1.82, 2.24) is 0 Å². The summed E-state index contributed by atoms with van der Waals surface area (Å²) in [5.74, 6) is 0. The van der Waals surface area contributed by atoms with Crippen molar-refractivity contribution in [1.29, 1.82) is 0 Å². The molecule has 0 heterocycles. The van der Waals surface area contributed by atoms with E-state index in [9.17, 15) is 0 Å². The van der Waals surface area contributed by atoms with Crippen molar-refractivity contribution in [3.05, 3.63) is 182 Å². The molecule has 0 nitrogen and oxygen atoms in total. The van der Waals surface area contributed by atoms with Crippen LogP contribution in [0.1, 0.15) is 0 Å². The van der Waals surface area contributed by atoms with Gasteiger partial charge in [0.15, 0.2) is 0 Å². The molecule has 9 aromatic rings. The van der Waals surface area contributed by atoms with Gasteiger partial charge in [-0.1, -0.05) is 170 Å². The minimum Gasteiger partial charge on any atom is -0.0622 e. The van der Waals surface area contributed by atoms with Crippen molar-refractivity contribution < 1.29 is 0 Å². The lowest BCUT2D eigenvalue weighted by Crippen LogP contribution is -1.93. The fourth-order valence-corrected chi connectivity index (χ4v) is 8.08. The Morgan fingerprint density at radius 3 is 1.29 bits per heavy atom. The molecule has 0 radical (unpaired) electrons. The summed E-state index contributed by atoms with van der Waals surface area (Å²) < 4.78 is 0. The van der Waals surface area contributed by atoms with Crippen molar-refractivity contribution in [2.75, 3.05) is 0 Å². The zero-order valence-corrected chi connectivity index (χ0v) is 26.3. The summed E-state index contributed by atoms with van der Waals surface area (Å²) in [5, 5.41) is 7.72. The van der Waals surface area contributed by atoms with Gasteiger partial charge in [0.25, 0.3) is 0 Å². The molecule has 0 aromatic heterocycles. The summed E-state index contributed by atoms with van der Waals surface area (Å²) in [7, 11) is 0. The van der Waals surface area contributed by atoms with Crippen LogP contribution < -0.4 is 0 Å². The molecule has 0 N–H and O–H groups in total. The molecule has 48 heavy (non-hydrogen) atoms. The standard InChI is InChI=1S/C48H30/c1-4-13-31(14-5-1)34-23-24-36-30-37(26-25-35(36)29-34)38-27-28-43-46-39(38)21-12-22-42(46)47-44(32-15-6-2-7-16-32)40-19-10-11-20-41(40)45(48(43)47)33-17-8-3-9-18-33/h1-30H. The van der Waals surface area contributed by atoms with Crippen LogP contribution >= 0.6 is 0 Å². The molecule has 0 amide bonds. The highest BCUT2D eigenvalue weighted by atomic mass is 14.3. The molecular weight excluding hydrogens is 577 g/mol. The molecule has 0 saturated heterocycles. The third-order valence-corrected chi connectivity index (χ3v) is 10.2. The Labute approximate surface area is 280 Å². The molecule has 1 aliphatic carbocycles. The highest BCUT2D eigenvalue weighted by molar-refractivity contribution is 6.28. The Hall–Kier alpha value is -6.24. The largest absolute Gasteiger partial charge is 0.0622 e. The van der Waals surface area contributed by atoms with Crippen molar-refractivity contribution in [2.24, 2.45) is 0 Å². The first-order valence-corrected chi connectivity index (χ1v) is 16.7. The first-order chi connectivity index (χ1) is 23.8. The lowest BCUT2D eigenvalue weighted by atomic mass is 9.82. The van der Waals surface area contributed by atoms with E-state index in [0.29, 0.717) is 0 Å². The maximum Gasteiger partial charge on any atom is -0.000741 e. The van der Waals surface area contributed by atoms with E-state index in [1.165, 1.54) is 99.1 Å². The third-order valence-electron chi connectivity index (χ3n) is 10.2. The number of hydrogen-bond donors (Lipinski definition) is 0. The summed E-state index contributed by atoms with van der Waals surface area (Å²) >= 11 is 0. The number of hydrogen-bond acceptors (Lipinski definition) is 0. The first kappa shape index (κ1) is 26.9. The van der Waals surface area contributed by atoms with E-state index in [0.717, 1.165) is 0 Å². The van der Waals surface area contributed by atoms with E-state index < -0.39 is 0 Å². The Kier molecular flexibility index (Phi) is 5.98. The minimum absolute atomic E-state index is 1.24. The molecule has 1 aliphatic rings. The summed E-state index contributed by atoms with van der Waals surface area (Å²) in [4.78, 5) is 0. The van der Waals surface area contributed by atoms with Gasteiger partial charge in [0.1, 0.15) is 0 Å². The van der Waals surface area contributed by atoms with E-state index in [-0.39, 0.29) is 0 Å². The van der Waals surface area contributed by atoms with E-state index in [2.05, 4.69) is 182 Å². The number of rotatable bonds is 4. The van der Waals surface area contributed by atoms with Crippen LogP contribution in [0.3, 0.4) is 0 Å². The Morgan fingerprint density at radius 2 is 0.688 bits per heavy atom. The predicted octanol–water partition coefficient (Wildman–Crippen LogP) is 13.5. The molecule has 0 fully saturated rings. The van der Waals surface area contributed by atoms with E-state index in [1.54, 1.807) is 0 Å². The maximum absolute atomic E-state index is 2.38. The van der Waals surface area contributed by atoms with Gasteiger partial charge in [0, 0.05) is 0 Å². The fraction of sp³-hybridized carbons (Fsp3) is 0. The van der Waals surface area contributed by atoms with Gasteiger partial charge >= 0.3 is 0 Å². The maximum atomic E-state index is 2.38. The zero-order valence-electron chi connectivity index (χ0n) is 26.3. The minimum atomic E-state index is 1.24. The second kappa shape index (κ2) is 10.7. The zero-order chi connectivity index (χ0) is 31.6. The second-order valence-electron chi connectivity index (χ2n) is 12.8. The van der Waals surface area contributed by atoms with Crippen LogP contribution in [0.25, 0.3) is 99.1 Å². The second-order valence-corrected chi connectivity index (χ2v) is 12.8. The third kappa shape index (κ3) is 4.03. The average Bonchev–Trinajstić information content (AvgIpc) is 3.49. The summed E-state index contributed by atoms with van der Waals surface area (Å²) in [6.07, 6.45) is 0. The molecule has 222 valence electrons. The van der Waals surface area contributed by atoms with Crippen LogP contribution in [-0.2, 0) is 0 Å². The van der Waals surface area contributed by atoms with Crippen molar-refractivity contribution in [3.63, 3.8) is 0 Å². The first-order valence-electron chi connectivity index (χ1n) is 16.7. The summed E-state index contributed by atoms with van der Waals surface area (Å²) in [5.41, 5.74) is 15.4. The van der Waals surface area contributed by atoms with Crippen LogP contribution in [0.2, 0.25) is 0 Å². The van der Waals surface area contributed by atoms with E-state index in [1.807, 2.05) is 0 Å². The Morgan fingerprint density at radius 1 is 0.229 bits per heavy atom. The summed E-state index contributed by atoms with van der Waals surface area (Å²) in [6, 6.07) is 66.9. The smallest absolute Gasteiger partial charge is 0.000741 e. The van der Waals surface area contributed by atoms with Crippen LogP contribution in [-0.4, -0.2) is 0 Å². The Bertz CT molecular complexity index is 2590. The van der Waals surface area contributed by atoms with Gasteiger partial charge in [-0.3, -0.25) is 0 Å². The molecule has 10 rings (SSSR count). The predicted molar refractivity (Wildman–Crippen MR) is 205 cm³/mol. The van der Waals surface area contributed by atoms with Crippen molar-refractivity contribution >= 4 is 32.3 Å². The monoisotopic (exact) mass is 606 g/mol. The normalized spacial score (nSPS) is 11.8. The molecule has 9 aromatic carbocycles. The molecule has 0 unspecified atom stereocenters. The van der Waals surface area contributed by atoms with Gasteiger partial charge in [-0.15, -0.1) is 0 Å². The van der Waals surface area contributed by atoms with Crippen LogP contribution in [0.15, 0.2) is 182 Å². The van der Waals surface area contributed by atoms with E-state index in [4.69, 9.17) is 0 Å². The van der Waals surface area contributed by atoms with Crippen LogP contribution in [0, 0.1) is 0 Å². The molecular formula is C48H30. The quantitative estimate of drug-likeness (QED) is 0.187. The lowest BCUT2D eigenvalue weighted by molar-refractivity contribution is 1.62. The van der Waals surface area contributed by atoms with Crippen molar-refractivity contribution in [3.8, 4) is 66.8 Å². The van der Waals surface area contributed by atoms with Crippen molar-refractivity contribution in [2.45, 2.75) is 0 Å². The van der Waals surface area contributed by atoms with Gasteiger partial charge in [0.05, 0.1) is 0 Å². The van der Waals surface area contributed by atoms with Gasteiger partial charge < -0.3 is 0 Å². The molecule has 0 atom stereocenters. The topological polar surface area (TPSA) is 0 Å². The SMILES string of the molecule is c1ccc(-c2ccc3cc(-c4ccc5c6c(cccc46)-c4c-5c(-c5ccccc5)c5ccccc5c4-c4ccccc4)ccc3c2)cc1. The molecule has 0 saturated carbocycles. The highest BCUT2D eigenvalue weighted by Gasteiger charge is 2.31. The molecule has 0 spiro atoms. The van der Waals surface area contributed by atoms with Crippen LogP contribution in [0.5, 0.6) is 0 Å². The molecule has 0 heteroatoms. The number of benzene rings is 9. The Balaban J connectivity index is 1.24. The van der Waals surface area contributed by atoms with Gasteiger partial charge in [0.2, 0.25) is 0 Å². The summed E-state index contributed by atoms with van der Waals surface area (Å²) in [6.45, 7) is 0. The average molecular weight is 607 g/mol. The van der Waals surface area contributed by atoms with Gasteiger partial charge in [-0.2, -0.15) is 0 Å². The highest BCUT2D eigenvalue weighted by Crippen LogP contribution is 2.58. The molecule has 0 aliphatic heterocycles. The fourth-order valence-electron chi connectivity index (χ4n) is 8.08. The molecule has 0 bridgehead atoms. The number of fused-ring (bicyclic) bond motifs is 5. The van der Waals surface area contributed by atoms with Crippen LogP contribution in [0.4, 0.5) is 0 Å². The van der Waals surface area contributed by atoms with Gasteiger partial charge in [-0.25, -0.2) is 0 Å². The van der Waals surface area contributed by atoms with Gasteiger partial charge in [-0.05, 0) is 111 Å².